The minimum Gasteiger partial charge on any atom is -0.324 e. The van der Waals surface area contributed by atoms with Gasteiger partial charge in [0.05, 0.1) is 11.1 Å². The monoisotopic (exact) mass is 351 g/mol. The van der Waals surface area contributed by atoms with E-state index in [0.717, 1.165) is 0 Å². The summed E-state index contributed by atoms with van der Waals surface area (Å²) in [7, 11) is 0. The van der Waals surface area contributed by atoms with E-state index in [-0.39, 0.29) is 31.0 Å². The molecule has 9 heteroatoms. The molecular weight excluding hydrogens is 339 g/mol. The molecule has 126 valence electrons. The maximum Gasteiger partial charge on any atom is 0.416 e. The van der Waals surface area contributed by atoms with E-state index in [0.29, 0.717) is 5.57 Å². The van der Waals surface area contributed by atoms with Crippen LogP contribution in [-0.2, 0) is 12.4 Å². The Bertz CT molecular complexity index is 549. The molecule has 0 saturated heterocycles. The fourth-order valence-electron chi connectivity index (χ4n) is 1.87. The summed E-state index contributed by atoms with van der Waals surface area (Å²) in [5, 5.41) is 0. The molecule has 2 N–H and O–H groups in total. The largest absolute Gasteiger partial charge is 0.416 e. The predicted octanol–water partition coefficient (Wildman–Crippen LogP) is 5.25. The SMILES string of the molecule is C=C(C)C[C@H](N)c1c(F)cc(C(F)(F)F)cc1C(F)(F)F.Cl. The highest BCUT2D eigenvalue weighted by Gasteiger charge is 2.40. The fourth-order valence-corrected chi connectivity index (χ4v) is 1.87. The molecule has 0 saturated carbocycles. The molecule has 1 aromatic carbocycles. The molecule has 0 aliphatic heterocycles. The lowest BCUT2D eigenvalue weighted by Gasteiger charge is -2.21. The molecule has 0 radical (unpaired) electrons. The van der Waals surface area contributed by atoms with Gasteiger partial charge in [-0.3, -0.25) is 0 Å². The number of alkyl halides is 6. The second kappa shape index (κ2) is 6.87. The van der Waals surface area contributed by atoms with Gasteiger partial charge in [-0.1, -0.05) is 5.57 Å². The summed E-state index contributed by atoms with van der Waals surface area (Å²) in [4.78, 5) is 0. The second-order valence-electron chi connectivity index (χ2n) is 4.68. The number of benzene rings is 1. The van der Waals surface area contributed by atoms with E-state index in [1.807, 2.05) is 0 Å². The van der Waals surface area contributed by atoms with Crippen LogP contribution in [0.15, 0.2) is 24.3 Å². The fraction of sp³-hybridized carbons (Fsp3) is 0.385. The first-order valence-electron chi connectivity index (χ1n) is 5.71. The van der Waals surface area contributed by atoms with Gasteiger partial charge in [0.25, 0.3) is 0 Å². The van der Waals surface area contributed by atoms with Crippen LogP contribution in [0.1, 0.15) is 36.1 Å². The molecule has 1 rings (SSSR count). The van der Waals surface area contributed by atoms with Gasteiger partial charge in [0.15, 0.2) is 0 Å². The van der Waals surface area contributed by atoms with Gasteiger partial charge in [-0.05, 0) is 25.5 Å². The van der Waals surface area contributed by atoms with Crippen LogP contribution in [0.25, 0.3) is 0 Å². The smallest absolute Gasteiger partial charge is 0.324 e. The van der Waals surface area contributed by atoms with Crippen molar-refractivity contribution in [3.05, 3.63) is 46.8 Å². The van der Waals surface area contributed by atoms with Crippen LogP contribution in [0.4, 0.5) is 30.7 Å². The highest BCUT2D eigenvalue weighted by atomic mass is 35.5. The van der Waals surface area contributed by atoms with Gasteiger partial charge in [-0.25, -0.2) is 4.39 Å². The highest BCUT2D eigenvalue weighted by molar-refractivity contribution is 5.85. The van der Waals surface area contributed by atoms with Gasteiger partial charge in [-0.15, -0.1) is 19.0 Å². The Labute approximate surface area is 128 Å². The Kier molecular flexibility index (Phi) is 6.47. The molecule has 0 amide bonds. The first-order chi connectivity index (χ1) is 9.34. The number of nitrogens with two attached hydrogens (primary N) is 1. The van der Waals surface area contributed by atoms with Crippen LogP contribution in [-0.4, -0.2) is 0 Å². The van der Waals surface area contributed by atoms with E-state index in [4.69, 9.17) is 5.73 Å². The second-order valence-corrected chi connectivity index (χ2v) is 4.68. The predicted molar refractivity (Wildman–Crippen MR) is 70.0 cm³/mol. The molecule has 22 heavy (non-hydrogen) atoms. The molecule has 0 heterocycles. The quantitative estimate of drug-likeness (QED) is 0.584. The average molecular weight is 352 g/mol. The minimum atomic E-state index is -5.15. The van der Waals surface area contributed by atoms with E-state index in [9.17, 15) is 30.7 Å². The van der Waals surface area contributed by atoms with Gasteiger partial charge in [0.1, 0.15) is 5.82 Å². The van der Waals surface area contributed by atoms with Gasteiger partial charge < -0.3 is 5.73 Å². The van der Waals surface area contributed by atoms with Crippen LogP contribution < -0.4 is 5.73 Å². The molecule has 0 bridgehead atoms. The van der Waals surface area contributed by atoms with Crippen LogP contribution >= 0.6 is 12.4 Å². The molecule has 0 aliphatic carbocycles. The normalized spacial score (nSPS) is 13.5. The van der Waals surface area contributed by atoms with Crippen LogP contribution in [0.5, 0.6) is 0 Å². The van der Waals surface area contributed by atoms with Gasteiger partial charge >= 0.3 is 12.4 Å². The molecule has 0 spiro atoms. The van der Waals surface area contributed by atoms with Gasteiger partial charge in [-0.2, -0.15) is 26.3 Å². The van der Waals surface area contributed by atoms with Crippen molar-refractivity contribution in [2.24, 2.45) is 5.73 Å². The third-order valence-corrected chi connectivity index (χ3v) is 2.70. The van der Waals surface area contributed by atoms with Gasteiger partial charge in [0, 0.05) is 11.6 Å². The van der Waals surface area contributed by atoms with Crippen LogP contribution in [0, 0.1) is 5.82 Å². The molecular formula is C13H13ClF7N. The summed E-state index contributed by atoms with van der Waals surface area (Å²) in [5.41, 5.74) is 1.44. The summed E-state index contributed by atoms with van der Waals surface area (Å²) >= 11 is 0. The van der Waals surface area contributed by atoms with Crippen molar-refractivity contribution in [2.75, 3.05) is 0 Å². The topological polar surface area (TPSA) is 26.0 Å². The lowest BCUT2D eigenvalue weighted by Crippen LogP contribution is -2.21. The van der Waals surface area contributed by atoms with Crippen LogP contribution in [0.2, 0.25) is 0 Å². The minimum absolute atomic E-state index is 0. The lowest BCUT2D eigenvalue weighted by atomic mass is 9.93. The Hall–Kier alpha value is -1.28. The Balaban J connectivity index is 0.00000441. The van der Waals surface area contributed by atoms with Gasteiger partial charge in [0.2, 0.25) is 0 Å². The zero-order valence-electron chi connectivity index (χ0n) is 11.3. The molecule has 0 unspecified atom stereocenters. The molecule has 0 fully saturated rings. The Morgan fingerprint density at radius 3 is 2.00 bits per heavy atom. The molecule has 0 aliphatic rings. The number of hydrogen-bond acceptors (Lipinski definition) is 1. The molecule has 0 aromatic heterocycles. The zero-order valence-corrected chi connectivity index (χ0v) is 12.1. The summed E-state index contributed by atoms with van der Waals surface area (Å²) in [5.74, 6) is -1.63. The van der Waals surface area contributed by atoms with Crippen molar-refractivity contribution in [3.8, 4) is 0 Å². The standard InChI is InChI=1S/C13H12F7N.ClH/c1-6(2)3-10(21)11-8(13(18,19)20)4-7(5-9(11)14)12(15,16)17;/h4-5,10H,1,3,21H2,2H3;1H/t10-;/m0./s1. The van der Waals surface area contributed by atoms with Crippen molar-refractivity contribution >= 4 is 12.4 Å². The van der Waals surface area contributed by atoms with E-state index >= 15 is 0 Å². The maximum atomic E-state index is 13.8. The number of halogens is 8. The molecule has 1 nitrogen and oxygen atoms in total. The van der Waals surface area contributed by atoms with E-state index in [2.05, 4.69) is 6.58 Å². The number of rotatable bonds is 3. The first kappa shape index (κ1) is 20.7. The van der Waals surface area contributed by atoms with Crippen molar-refractivity contribution < 1.29 is 30.7 Å². The van der Waals surface area contributed by atoms with Crippen molar-refractivity contribution in [2.45, 2.75) is 31.7 Å². The molecule has 1 atom stereocenters. The summed E-state index contributed by atoms with van der Waals surface area (Å²) < 4.78 is 89.9. The third kappa shape index (κ3) is 4.88. The van der Waals surface area contributed by atoms with E-state index in [1.54, 1.807) is 0 Å². The van der Waals surface area contributed by atoms with Crippen molar-refractivity contribution in [1.82, 2.24) is 0 Å². The Morgan fingerprint density at radius 1 is 1.14 bits per heavy atom. The maximum absolute atomic E-state index is 13.8. The average Bonchev–Trinajstić information content (AvgIpc) is 2.23. The van der Waals surface area contributed by atoms with E-state index < -0.39 is 40.9 Å². The third-order valence-electron chi connectivity index (χ3n) is 2.70. The lowest BCUT2D eigenvalue weighted by molar-refractivity contribution is -0.144. The number of hydrogen-bond donors (Lipinski definition) is 1. The highest BCUT2D eigenvalue weighted by Crippen LogP contribution is 2.40. The zero-order chi connectivity index (χ0) is 16.6. The van der Waals surface area contributed by atoms with Crippen molar-refractivity contribution in [3.63, 3.8) is 0 Å². The summed E-state index contributed by atoms with van der Waals surface area (Å²) in [6.45, 7) is 4.90. The Morgan fingerprint density at radius 2 is 1.64 bits per heavy atom. The molecule has 1 aromatic rings. The van der Waals surface area contributed by atoms with E-state index in [1.165, 1.54) is 6.92 Å². The summed E-state index contributed by atoms with van der Waals surface area (Å²) in [6, 6.07) is -1.54. The van der Waals surface area contributed by atoms with Crippen molar-refractivity contribution in [1.29, 1.82) is 0 Å². The first-order valence-corrected chi connectivity index (χ1v) is 5.71. The summed E-state index contributed by atoms with van der Waals surface area (Å²) in [6.07, 6.45) is -10.4. The van der Waals surface area contributed by atoms with Crippen LogP contribution in [0.3, 0.4) is 0 Å².